The van der Waals surface area contributed by atoms with Crippen molar-refractivity contribution in [1.29, 1.82) is 0 Å². The van der Waals surface area contributed by atoms with Gasteiger partial charge in [-0.2, -0.15) is 4.98 Å². The van der Waals surface area contributed by atoms with E-state index in [-0.39, 0.29) is 11.9 Å². The first-order valence-corrected chi connectivity index (χ1v) is 8.48. The van der Waals surface area contributed by atoms with Crippen LogP contribution in [0.5, 0.6) is 0 Å². The molecule has 0 spiro atoms. The standard InChI is InChI=1S/C17H23ClN4O2/c1-11-7-8-13(10-14(11)18)16-21-17(24-22-16)12(2)20-15(23)6-4-3-5-9-19/h7-8,10,12H,3-6,9,19H2,1-2H3,(H,20,23)/t12-/m1/s1. The van der Waals surface area contributed by atoms with Crippen molar-refractivity contribution in [1.82, 2.24) is 15.5 Å². The number of benzene rings is 1. The minimum Gasteiger partial charge on any atom is -0.345 e. The molecule has 1 aromatic carbocycles. The summed E-state index contributed by atoms with van der Waals surface area (Å²) < 4.78 is 5.26. The first kappa shape index (κ1) is 18.4. The molecule has 1 atom stereocenters. The summed E-state index contributed by atoms with van der Waals surface area (Å²) in [6.45, 7) is 4.40. The number of nitrogens with zero attached hydrogens (tertiary/aromatic N) is 2. The Morgan fingerprint density at radius 2 is 2.17 bits per heavy atom. The molecule has 0 radical (unpaired) electrons. The summed E-state index contributed by atoms with van der Waals surface area (Å²) in [7, 11) is 0. The monoisotopic (exact) mass is 350 g/mol. The highest BCUT2D eigenvalue weighted by Crippen LogP contribution is 2.24. The van der Waals surface area contributed by atoms with E-state index in [2.05, 4.69) is 15.5 Å². The molecule has 0 aliphatic rings. The zero-order valence-corrected chi connectivity index (χ0v) is 14.8. The van der Waals surface area contributed by atoms with E-state index in [1.165, 1.54) is 0 Å². The van der Waals surface area contributed by atoms with E-state index in [0.717, 1.165) is 30.4 Å². The van der Waals surface area contributed by atoms with Gasteiger partial charge in [0.05, 0.1) is 0 Å². The Bertz CT molecular complexity index is 687. The fraction of sp³-hybridized carbons (Fsp3) is 0.471. The van der Waals surface area contributed by atoms with Crippen molar-refractivity contribution in [2.75, 3.05) is 6.54 Å². The Hall–Kier alpha value is -1.92. The van der Waals surface area contributed by atoms with Crippen LogP contribution in [0.1, 0.15) is 50.1 Å². The molecule has 24 heavy (non-hydrogen) atoms. The minimum absolute atomic E-state index is 0.0300. The Kier molecular flexibility index (Phi) is 6.75. The predicted molar refractivity (Wildman–Crippen MR) is 93.6 cm³/mol. The summed E-state index contributed by atoms with van der Waals surface area (Å²) in [5.41, 5.74) is 7.20. The zero-order valence-electron chi connectivity index (χ0n) is 14.0. The van der Waals surface area contributed by atoms with Crippen molar-refractivity contribution in [3.8, 4) is 11.4 Å². The number of carbonyl (C=O) groups is 1. The van der Waals surface area contributed by atoms with Crippen molar-refractivity contribution >= 4 is 17.5 Å². The van der Waals surface area contributed by atoms with Crippen LogP contribution in [-0.4, -0.2) is 22.6 Å². The lowest BCUT2D eigenvalue weighted by Crippen LogP contribution is -2.26. The number of halogens is 1. The lowest BCUT2D eigenvalue weighted by Gasteiger charge is -2.09. The summed E-state index contributed by atoms with van der Waals surface area (Å²) >= 11 is 6.12. The molecule has 0 aliphatic carbocycles. The van der Waals surface area contributed by atoms with Gasteiger partial charge in [-0.3, -0.25) is 4.79 Å². The number of carbonyl (C=O) groups excluding carboxylic acids is 1. The van der Waals surface area contributed by atoms with Gasteiger partial charge in [0.1, 0.15) is 6.04 Å². The lowest BCUT2D eigenvalue weighted by atomic mass is 10.1. The molecule has 0 saturated heterocycles. The smallest absolute Gasteiger partial charge is 0.249 e. The van der Waals surface area contributed by atoms with Crippen molar-refractivity contribution in [2.45, 2.75) is 45.6 Å². The molecule has 1 amide bonds. The molecule has 0 aliphatic heterocycles. The number of unbranched alkanes of at least 4 members (excludes halogenated alkanes) is 2. The first-order valence-electron chi connectivity index (χ1n) is 8.11. The minimum atomic E-state index is -0.339. The van der Waals surface area contributed by atoms with E-state index in [4.69, 9.17) is 21.9 Å². The first-order chi connectivity index (χ1) is 11.5. The maximum absolute atomic E-state index is 11.9. The van der Waals surface area contributed by atoms with Gasteiger partial charge in [-0.15, -0.1) is 0 Å². The molecule has 1 heterocycles. The van der Waals surface area contributed by atoms with Gasteiger partial charge in [0.25, 0.3) is 0 Å². The molecule has 3 N–H and O–H groups in total. The van der Waals surface area contributed by atoms with Crippen LogP contribution in [0.4, 0.5) is 0 Å². The van der Waals surface area contributed by atoms with Gasteiger partial charge in [-0.25, -0.2) is 0 Å². The van der Waals surface area contributed by atoms with Crippen molar-refractivity contribution < 1.29 is 9.32 Å². The van der Waals surface area contributed by atoms with Crippen LogP contribution in [0.3, 0.4) is 0 Å². The molecular weight excluding hydrogens is 328 g/mol. The molecule has 0 saturated carbocycles. The molecular formula is C17H23ClN4O2. The summed E-state index contributed by atoms with van der Waals surface area (Å²) in [5.74, 6) is 0.797. The normalized spacial score (nSPS) is 12.2. The quantitative estimate of drug-likeness (QED) is 0.711. The van der Waals surface area contributed by atoms with E-state index < -0.39 is 0 Å². The third-order valence-electron chi connectivity index (χ3n) is 3.73. The van der Waals surface area contributed by atoms with Crippen LogP contribution in [-0.2, 0) is 4.79 Å². The van der Waals surface area contributed by atoms with E-state index in [1.807, 2.05) is 26.0 Å². The lowest BCUT2D eigenvalue weighted by molar-refractivity contribution is -0.122. The van der Waals surface area contributed by atoms with Crippen LogP contribution < -0.4 is 11.1 Å². The van der Waals surface area contributed by atoms with Gasteiger partial charge in [0.15, 0.2) is 0 Å². The van der Waals surface area contributed by atoms with Gasteiger partial charge < -0.3 is 15.6 Å². The van der Waals surface area contributed by atoms with Crippen molar-refractivity contribution in [2.24, 2.45) is 5.73 Å². The summed E-state index contributed by atoms with van der Waals surface area (Å²) in [6, 6.07) is 5.25. The van der Waals surface area contributed by atoms with Crippen LogP contribution >= 0.6 is 11.6 Å². The van der Waals surface area contributed by atoms with Crippen LogP contribution in [0, 0.1) is 6.92 Å². The molecule has 2 rings (SSSR count). The summed E-state index contributed by atoms with van der Waals surface area (Å²) in [6.07, 6.45) is 3.19. The second-order valence-electron chi connectivity index (χ2n) is 5.81. The molecule has 0 unspecified atom stereocenters. The zero-order chi connectivity index (χ0) is 17.5. The maximum atomic E-state index is 11.9. The molecule has 2 aromatic rings. The Balaban J connectivity index is 1.94. The number of aryl methyl sites for hydroxylation is 1. The van der Waals surface area contributed by atoms with Gasteiger partial charge in [-0.05, 0) is 44.9 Å². The highest BCUT2D eigenvalue weighted by molar-refractivity contribution is 6.31. The molecule has 0 fully saturated rings. The molecule has 130 valence electrons. The van der Waals surface area contributed by atoms with E-state index in [0.29, 0.717) is 29.7 Å². The van der Waals surface area contributed by atoms with Crippen LogP contribution in [0.2, 0.25) is 5.02 Å². The summed E-state index contributed by atoms with van der Waals surface area (Å²) in [4.78, 5) is 16.2. The average molecular weight is 351 g/mol. The third kappa shape index (κ3) is 5.04. The van der Waals surface area contributed by atoms with E-state index >= 15 is 0 Å². The number of nitrogens with one attached hydrogen (secondary N) is 1. The fourth-order valence-electron chi connectivity index (χ4n) is 2.24. The number of nitrogens with two attached hydrogens (primary N) is 1. The van der Waals surface area contributed by atoms with Gasteiger partial charge in [0.2, 0.25) is 17.6 Å². The van der Waals surface area contributed by atoms with Gasteiger partial charge >= 0.3 is 0 Å². The second kappa shape index (κ2) is 8.80. The SMILES string of the molecule is Cc1ccc(-c2noc([C@@H](C)NC(=O)CCCCCN)n2)cc1Cl. The third-order valence-corrected chi connectivity index (χ3v) is 4.13. The number of hydrogen-bond donors (Lipinski definition) is 2. The second-order valence-corrected chi connectivity index (χ2v) is 6.22. The van der Waals surface area contributed by atoms with Crippen LogP contribution in [0.25, 0.3) is 11.4 Å². The van der Waals surface area contributed by atoms with Gasteiger partial charge in [-0.1, -0.05) is 35.3 Å². The molecule has 7 heteroatoms. The van der Waals surface area contributed by atoms with E-state index in [1.54, 1.807) is 6.07 Å². The number of amides is 1. The van der Waals surface area contributed by atoms with E-state index in [9.17, 15) is 4.79 Å². The van der Waals surface area contributed by atoms with Crippen molar-refractivity contribution in [3.05, 3.63) is 34.7 Å². The topological polar surface area (TPSA) is 94.0 Å². The van der Waals surface area contributed by atoms with Crippen LogP contribution in [0.15, 0.2) is 22.7 Å². The largest absolute Gasteiger partial charge is 0.345 e. The average Bonchev–Trinajstić information content (AvgIpc) is 3.04. The Morgan fingerprint density at radius 3 is 2.88 bits per heavy atom. The fourth-order valence-corrected chi connectivity index (χ4v) is 2.42. The molecule has 0 bridgehead atoms. The Morgan fingerprint density at radius 1 is 1.38 bits per heavy atom. The predicted octanol–water partition coefficient (Wildman–Crippen LogP) is 3.39. The highest BCUT2D eigenvalue weighted by atomic mass is 35.5. The number of hydrogen-bond acceptors (Lipinski definition) is 5. The highest BCUT2D eigenvalue weighted by Gasteiger charge is 2.17. The summed E-state index contributed by atoms with van der Waals surface area (Å²) in [5, 5.41) is 7.48. The Labute approximate surface area is 146 Å². The number of aromatic nitrogens is 2. The number of rotatable bonds is 8. The van der Waals surface area contributed by atoms with Crippen molar-refractivity contribution in [3.63, 3.8) is 0 Å². The maximum Gasteiger partial charge on any atom is 0.249 e. The molecule has 1 aromatic heterocycles. The molecule has 6 nitrogen and oxygen atoms in total. The van der Waals surface area contributed by atoms with Gasteiger partial charge in [0, 0.05) is 17.0 Å².